The molecule has 0 atom stereocenters. The maximum absolute atomic E-state index is 12.4. The van der Waals surface area contributed by atoms with E-state index in [-0.39, 0.29) is 11.6 Å². The first-order valence-corrected chi connectivity index (χ1v) is 8.05. The van der Waals surface area contributed by atoms with Crippen LogP contribution < -0.4 is 5.32 Å². The Bertz CT molecular complexity index is 1010. The summed E-state index contributed by atoms with van der Waals surface area (Å²) in [4.78, 5) is 18.2. The number of furan rings is 1. The zero-order chi connectivity index (χ0) is 17.8. The zero-order valence-corrected chi connectivity index (χ0v) is 13.7. The van der Waals surface area contributed by atoms with Gasteiger partial charge in [-0.2, -0.15) is 9.90 Å². The van der Waals surface area contributed by atoms with Crippen molar-refractivity contribution in [2.24, 2.45) is 0 Å². The number of nitrogens with zero attached hydrogens (tertiary/aromatic N) is 4. The third-order valence-electron chi connectivity index (χ3n) is 3.80. The van der Waals surface area contributed by atoms with Gasteiger partial charge in [0, 0.05) is 18.3 Å². The number of hydrogen-bond donors (Lipinski definition) is 1. The van der Waals surface area contributed by atoms with Crippen LogP contribution >= 0.6 is 0 Å². The quantitative estimate of drug-likeness (QED) is 0.601. The molecule has 0 saturated heterocycles. The fraction of sp³-hybridized carbons (Fsp3) is 0.0526. The molecule has 0 unspecified atom stereocenters. The van der Waals surface area contributed by atoms with E-state index in [1.165, 1.54) is 11.0 Å². The number of hydrogen-bond acceptors (Lipinski definition) is 5. The topological polar surface area (TPSA) is 85.8 Å². The summed E-state index contributed by atoms with van der Waals surface area (Å²) in [6.45, 7) is 0.306. The Labute approximate surface area is 149 Å². The average Bonchev–Trinajstić information content (AvgIpc) is 3.39. The lowest BCUT2D eigenvalue weighted by molar-refractivity contribution is 0.0945. The van der Waals surface area contributed by atoms with Gasteiger partial charge in [0.25, 0.3) is 5.91 Å². The Balaban J connectivity index is 1.48. The van der Waals surface area contributed by atoms with Crippen LogP contribution in [0.5, 0.6) is 0 Å². The number of amides is 1. The van der Waals surface area contributed by atoms with Crippen LogP contribution in [0.3, 0.4) is 0 Å². The third-order valence-corrected chi connectivity index (χ3v) is 3.80. The summed E-state index contributed by atoms with van der Waals surface area (Å²) in [6.07, 6.45) is 4.72. The van der Waals surface area contributed by atoms with Crippen molar-refractivity contribution in [1.82, 2.24) is 25.3 Å². The van der Waals surface area contributed by atoms with Crippen LogP contribution in [0, 0.1) is 0 Å². The summed E-state index contributed by atoms with van der Waals surface area (Å²) >= 11 is 0. The smallest absolute Gasteiger partial charge is 0.273 e. The van der Waals surface area contributed by atoms with E-state index in [2.05, 4.69) is 20.5 Å². The van der Waals surface area contributed by atoms with Gasteiger partial charge in [0.05, 0.1) is 18.1 Å². The number of para-hydroxylation sites is 1. The first-order valence-electron chi connectivity index (χ1n) is 8.05. The van der Waals surface area contributed by atoms with Gasteiger partial charge in [-0.15, -0.1) is 5.10 Å². The van der Waals surface area contributed by atoms with Crippen molar-refractivity contribution in [3.05, 3.63) is 84.5 Å². The Morgan fingerprint density at radius 2 is 1.96 bits per heavy atom. The van der Waals surface area contributed by atoms with E-state index in [0.717, 1.165) is 11.3 Å². The first kappa shape index (κ1) is 15.8. The predicted octanol–water partition coefficient (Wildman–Crippen LogP) is 2.85. The summed E-state index contributed by atoms with van der Waals surface area (Å²) in [5.41, 5.74) is 2.59. The summed E-state index contributed by atoms with van der Waals surface area (Å²) in [6, 6.07) is 16.8. The molecule has 0 fully saturated rings. The Morgan fingerprint density at radius 1 is 1.08 bits per heavy atom. The molecular formula is C19H15N5O2. The molecular weight excluding hydrogens is 330 g/mol. The highest BCUT2D eigenvalue weighted by Crippen LogP contribution is 2.21. The second-order valence-corrected chi connectivity index (χ2v) is 5.53. The van der Waals surface area contributed by atoms with E-state index in [0.29, 0.717) is 18.0 Å². The Morgan fingerprint density at radius 3 is 2.77 bits per heavy atom. The van der Waals surface area contributed by atoms with E-state index in [9.17, 15) is 4.79 Å². The summed E-state index contributed by atoms with van der Waals surface area (Å²) in [7, 11) is 0. The van der Waals surface area contributed by atoms with Crippen LogP contribution in [0.2, 0.25) is 0 Å². The minimum atomic E-state index is -0.304. The number of pyridine rings is 1. The predicted molar refractivity (Wildman–Crippen MR) is 94.5 cm³/mol. The standard InChI is InChI=1S/C19H15N5O2/c25-19(16-13-22-24(23-16)15-7-2-1-3-8-15)21-12-14-6-4-10-20-18(14)17-9-5-11-26-17/h1-11,13H,12H2,(H,21,25). The van der Waals surface area contributed by atoms with E-state index < -0.39 is 0 Å². The fourth-order valence-electron chi connectivity index (χ4n) is 2.54. The van der Waals surface area contributed by atoms with Gasteiger partial charge in [-0.3, -0.25) is 9.78 Å². The van der Waals surface area contributed by atoms with Crippen molar-refractivity contribution >= 4 is 5.91 Å². The number of rotatable bonds is 5. The van der Waals surface area contributed by atoms with Crippen LogP contribution in [0.25, 0.3) is 17.1 Å². The molecule has 3 heterocycles. The first-order chi connectivity index (χ1) is 12.8. The van der Waals surface area contributed by atoms with Gasteiger partial charge in [-0.1, -0.05) is 24.3 Å². The highest BCUT2D eigenvalue weighted by atomic mass is 16.3. The minimum absolute atomic E-state index is 0.247. The lowest BCUT2D eigenvalue weighted by Crippen LogP contribution is -2.23. The molecule has 0 radical (unpaired) electrons. The second-order valence-electron chi connectivity index (χ2n) is 5.53. The third kappa shape index (κ3) is 3.23. The molecule has 0 aliphatic rings. The SMILES string of the molecule is O=C(NCc1cccnc1-c1ccco1)c1cnn(-c2ccccc2)n1. The molecule has 128 valence electrons. The van der Waals surface area contributed by atoms with E-state index in [1.807, 2.05) is 48.5 Å². The molecule has 3 aromatic heterocycles. The van der Waals surface area contributed by atoms with Crippen molar-refractivity contribution in [2.75, 3.05) is 0 Å². The molecule has 0 spiro atoms. The highest BCUT2D eigenvalue weighted by Gasteiger charge is 2.14. The molecule has 26 heavy (non-hydrogen) atoms. The fourth-order valence-corrected chi connectivity index (χ4v) is 2.54. The van der Waals surface area contributed by atoms with Gasteiger partial charge >= 0.3 is 0 Å². The van der Waals surface area contributed by atoms with Gasteiger partial charge < -0.3 is 9.73 Å². The van der Waals surface area contributed by atoms with Crippen molar-refractivity contribution in [3.63, 3.8) is 0 Å². The molecule has 1 aromatic carbocycles. The van der Waals surface area contributed by atoms with Gasteiger partial charge in [0.2, 0.25) is 0 Å². The van der Waals surface area contributed by atoms with Crippen molar-refractivity contribution in [3.8, 4) is 17.1 Å². The number of aromatic nitrogens is 4. The molecule has 1 N–H and O–H groups in total. The normalized spacial score (nSPS) is 10.6. The Kier molecular flexibility index (Phi) is 4.26. The highest BCUT2D eigenvalue weighted by molar-refractivity contribution is 5.91. The van der Waals surface area contributed by atoms with Gasteiger partial charge in [-0.25, -0.2) is 0 Å². The Hall–Kier alpha value is -3.74. The van der Waals surface area contributed by atoms with Crippen molar-refractivity contribution in [1.29, 1.82) is 0 Å². The van der Waals surface area contributed by atoms with Crippen molar-refractivity contribution in [2.45, 2.75) is 6.54 Å². The van der Waals surface area contributed by atoms with E-state index >= 15 is 0 Å². The molecule has 0 saturated carbocycles. The van der Waals surface area contributed by atoms with Crippen LogP contribution in [0.4, 0.5) is 0 Å². The molecule has 4 aromatic rings. The van der Waals surface area contributed by atoms with Crippen LogP contribution in [-0.4, -0.2) is 25.9 Å². The maximum Gasteiger partial charge on any atom is 0.273 e. The van der Waals surface area contributed by atoms with E-state index in [4.69, 9.17) is 4.42 Å². The average molecular weight is 345 g/mol. The molecule has 4 rings (SSSR count). The van der Waals surface area contributed by atoms with Gasteiger partial charge in [0.1, 0.15) is 5.69 Å². The molecule has 0 bridgehead atoms. The van der Waals surface area contributed by atoms with Crippen molar-refractivity contribution < 1.29 is 9.21 Å². The molecule has 7 heteroatoms. The zero-order valence-electron chi connectivity index (χ0n) is 13.7. The lowest BCUT2D eigenvalue weighted by atomic mass is 10.1. The summed E-state index contributed by atoms with van der Waals surface area (Å²) in [5, 5.41) is 11.2. The van der Waals surface area contributed by atoms with Gasteiger partial charge in [0.15, 0.2) is 11.5 Å². The molecule has 0 aliphatic carbocycles. The number of benzene rings is 1. The lowest BCUT2D eigenvalue weighted by Gasteiger charge is -2.07. The summed E-state index contributed by atoms with van der Waals surface area (Å²) in [5.74, 6) is 0.353. The van der Waals surface area contributed by atoms with Crippen LogP contribution in [-0.2, 0) is 6.54 Å². The van der Waals surface area contributed by atoms with Gasteiger partial charge in [-0.05, 0) is 30.3 Å². The molecule has 0 aliphatic heterocycles. The monoisotopic (exact) mass is 345 g/mol. The number of nitrogens with one attached hydrogen (secondary N) is 1. The maximum atomic E-state index is 12.4. The number of carbonyl (C=O) groups excluding carboxylic acids is 1. The molecule has 7 nitrogen and oxygen atoms in total. The molecule has 1 amide bonds. The largest absolute Gasteiger partial charge is 0.463 e. The van der Waals surface area contributed by atoms with Crippen LogP contribution in [0.15, 0.2) is 77.7 Å². The minimum Gasteiger partial charge on any atom is -0.463 e. The van der Waals surface area contributed by atoms with E-state index in [1.54, 1.807) is 18.5 Å². The van der Waals surface area contributed by atoms with Crippen LogP contribution in [0.1, 0.15) is 16.1 Å². The number of carbonyl (C=O) groups is 1. The second kappa shape index (κ2) is 7.02. The summed E-state index contributed by atoms with van der Waals surface area (Å²) < 4.78 is 5.40.